The van der Waals surface area contributed by atoms with E-state index in [9.17, 15) is 19.1 Å². The topological polar surface area (TPSA) is 66.4 Å². The van der Waals surface area contributed by atoms with Crippen LogP contribution in [0.5, 0.6) is 0 Å². The predicted octanol–water partition coefficient (Wildman–Crippen LogP) is 3.57. The second-order valence-corrected chi connectivity index (χ2v) is 5.86. The molecule has 2 atom stereocenters. The first-order chi connectivity index (χ1) is 11.4. The predicted molar refractivity (Wildman–Crippen MR) is 89.1 cm³/mol. The number of hydrogen-bond acceptors (Lipinski definition) is 2. The molecule has 5 heteroatoms. The van der Waals surface area contributed by atoms with Crippen LogP contribution in [0.1, 0.15) is 42.0 Å². The van der Waals surface area contributed by atoms with Gasteiger partial charge in [-0.1, -0.05) is 49.4 Å². The zero-order chi connectivity index (χ0) is 17.7. The maximum Gasteiger partial charge on any atom is 0.330 e. The molecule has 2 rings (SSSR count). The van der Waals surface area contributed by atoms with E-state index in [-0.39, 0.29) is 18.2 Å². The van der Waals surface area contributed by atoms with Gasteiger partial charge in [-0.2, -0.15) is 0 Å². The molecule has 2 unspecified atom stereocenters. The maximum absolute atomic E-state index is 13.4. The molecule has 24 heavy (non-hydrogen) atoms. The minimum Gasteiger partial charge on any atom is -0.479 e. The first-order valence-corrected chi connectivity index (χ1v) is 7.71. The third-order valence-electron chi connectivity index (χ3n) is 3.93. The van der Waals surface area contributed by atoms with Gasteiger partial charge in [0.2, 0.25) is 5.91 Å². The van der Waals surface area contributed by atoms with Gasteiger partial charge < -0.3 is 10.4 Å². The van der Waals surface area contributed by atoms with E-state index in [1.165, 1.54) is 18.2 Å². The molecule has 0 aliphatic carbocycles. The van der Waals surface area contributed by atoms with Crippen molar-refractivity contribution in [3.05, 3.63) is 71.0 Å². The number of rotatable bonds is 6. The summed E-state index contributed by atoms with van der Waals surface area (Å²) in [7, 11) is 0. The Hall–Kier alpha value is -2.69. The number of carboxylic acids is 1. The Balaban J connectivity index is 2.08. The molecule has 0 spiro atoms. The third kappa shape index (κ3) is 4.41. The largest absolute Gasteiger partial charge is 0.479 e. The SMILES string of the molecule is Cc1cc(C(NC(=O)CC(C)c2ccccc2)C(=O)O)ccc1F. The van der Waals surface area contributed by atoms with E-state index >= 15 is 0 Å². The summed E-state index contributed by atoms with van der Waals surface area (Å²) in [6, 6.07) is 12.4. The summed E-state index contributed by atoms with van der Waals surface area (Å²) in [4.78, 5) is 23.7. The van der Waals surface area contributed by atoms with Gasteiger partial charge in [0.05, 0.1) is 0 Å². The molecule has 4 nitrogen and oxygen atoms in total. The van der Waals surface area contributed by atoms with Gasteiger partial charge in [0.1, 0.15) is 5.82 Å². The van der Waals surface area contributed by atoms with Crippen molar-refractivity contribution in [3.8, 4) is 0 Å². The number of aliphatic carboxylic acids is 1. The second-order valence-electron chi connectivity index (χ2n) is 5.86. The van der Waals surface area contributed by atoms with Crippen LogP contribution in [0.25, 0.3) is 0 Å². The van der Waals surface area contributed by atoms with E-state index in [4.69, 9.17) is 0 Å². The van der Waals surface area contributed by atoms with Crippen molar-refractivity contribution < 1.29 is 19.1 Å². The molecule has 0 radical (unpaired) electrons. The van der Waals surface area contributed by atoms with Gasteiger partial charge in [-0.15, -0.1) is 0 Å². The Labute approximate surface area is 140 Å². The number of aryl methyl sites for hydroxylation is 1. The molecule has 0 fully saturated rings. The monoisotopic (exact) mass is 329 g/mol. The number of benzene rings is 2. The number of hydrogen-bond donors (Lipinski definition) is 2. The standard InChI is InChI=1S/C19H20FNO3/c1-12(14-6-4-3-5-7-14)11-17(22)21-18(19(23)24)15-8-9-16(20)13(2)10-15/h3-10,12,18H,11H2,1-2H3,(H,21,22)(H,23,24). The van der Waals surface area contributed by atoms with Crippen molar-refractivity contribution in [2.75, 3.05) is 0 Å². The Morgan fingerprint density at radius 2 is 1.79 bits per heavy atom. The molecule has 0 aliphatic heterocycles. The molecule has 2 aromatic carbocycles. The lowest BCUT2D eigenvalue weighted by molar-refractivity contribution is -0.142. The highest BCUT2D eigenvalue weighted by molar-refractivity contribution is 5.85. The highest BCUT2D eigenvalue weighted by Crippen LogP contribution is 2.21. The Morgan fingerprint density at radius 3 is 2.38 bits per heavy atom. The van der Waals surface area contributed by atoms with E-state index in [1.807, 2.05) is 37.3 Å². The lowest BCUT2D eigenvalue weighted by atomic mass is 9.97. The quantitative estimate of drug-likeness (QED) is 0.851. The third-order valence-corrected chi connectivity index (χ3v) is 3.93. The van der Waals surface area contributed by atoms with Crippen molar-refractivity contribution in [2.45, 2.75) is 32.2 Å². The number of carbonyl (C=O) groups is 2. The van der Waals surface area contributed by atoms with Crippen LogP contribution in [0.15, 0.2) is 48.5 Å². The van der Waals surface area contributed by atoms with Crippen molar-refractivity contribution in [1.82, 2.24) is 5.32 Å². The van der Waals surface area contributed by atoms with Crippen molar-refractivity contribution in [1.29, 1.82) is 0 Å². The molecule has 0 heterocycles. The molecular formula is C19H20FNO3. The molecule has 2 N–H and O–H groups in total. The van der Waals surface area contributed by atoms with Crippen molar-refractivity contribution >= 4 is 11.9 Å². The number of nitrogens with one attached hydrogen (secondary N) is 1. The summed E-state index contributed by atoms with van der Waals surface area (Å²) >= 11 is 0. The summed E-state index contributed by atoms with van der Waals surface area (Å²) in [5, 5.41) is 11.9. The van der Waals surface area contributed by atoms with Gasteiger partial charge in [-0.25, -0.2) is 9.18 Å². The highest BCUT2D eigenvalue weighted by atomic mass is 19.1. The minimum absolute atomic E-state index is 0.0319. The van der Waals surface area contributed by atoms with Gasteiger partial charge in [-0.3, -0.25) is 4.79 Å². The Kier molecular flexibility index (Phi) is 5.68. The molecule has 0 saturated carbocycles. The zero-order valence-electron chi connectivity index (χ0n) is 13.6. The fourth-order valence-electron chi connectivity index (χ4n) is 2.53. The minimum atomic E-state index is -1.19. The fourth-order valence-corrected chi connectivity index (χ4v) is 2.53. The molecule has 0 bridgehead atoms. The van der Waals surface area contributed by atoms with E-state index in [0.717, 1.165) is 5.56 Å². The summed E-state index contributed by atoms with van der Waals surface area (Å²) in [6.45, 7) is 3.46. The van der Waals surface area contributed by atoms with Gasteiger partial charge in [0.15, 0.2) is 6.04 Å². The fraction of sp³-hybridized carbons (Fsp3) is 0.263. The molecule has 0 aliphatic rings. The average Bonchev–Trinajstić information content (AvgIpc) is 2.56. The van der Waals surface area contributed by atoms with Gasteiger partial charge in [-0.05, 0) is 35.6 Å². The molecule has 0 aromatic heterocycles. The summed E-state index contributed by atoms with van der Waals surface area (Å²) < 4.78 is 13.4. The number of amides is 1. The van der Waals surface area contributed by atoms with Crippen LogP contribution in [-0.2, 0) is 9.59 Å². The number of halogens is 1. The van der Waals surface area contributed by atoms with E-state index < -0.39 is 17.8 Å². The summed E-state index contributed by atoms with van der Waals surface area (Å²) in [6.07, 6.45) is 0.175. The lowest BCUT2D eigenvalue weighted by Crippen LogP contribution is -2.34. The number of carboxylic acid groups (broad SMARTS) is 1. The summed E-state index contributed by atoms with van der Waals surface area (Å²) in [5.74, 6) is -1.98. The highest BCUT2D eigenvalue weighted by Gasteiger charge is 2.23. The lowest BCUT2D eigenvalue weighted by Gasteiger charge is -2.18. The van der Waals surface area contributed by atoms with Crippen LogP contribution in [0.2, 0.25) is 0 Å². The van der Waals surface area contributed by atoms with Crippen LogP contribution in [-0.4, -0.2) is 17.0 Å². The average molecular weight is 329 g/mol. The van der Waals surface area contributed by atoms with Crippen LogP contribution >= 0.6 is 0 Å². The Bertz CT molecular complexity index is 731. The first-order valence-electron chi connectivity index (χ1n) is 7.71. The molecule has 2 aromatic rings. The summed E-state index contributed by atoms with van der Waals surface area (Å²) in [5.41, 5.74) is 1.70. The first kappa shape index (κ1) is 17.7. The molecule has 0 saturated heterocycles. The maximum atomic E-state index is 13.4. The smallest absolute Gasteiger partial charge is 0.330 e. The normalized spacial score (nSPS) is 13.1. The molecule has 1 amide bonds. The van der Waals surface area contributed by atoms with Gasteiger partial charge >= 0.3 is 5.97 Å². The van der Waals surface area contributed by atoms with Gasteiger partial charge in [0.25, 0.3) is 0 Å². The van der Waals surface area contributed by atoms with Crippen LogP contribution in [0, 0.1) is 12.7 Å². The van der Waals surface area contributed by atoms with E-state index in [0.29, 0.717) is 11.1 Å². The second kappa shape index (κ2) is 7.73. The van der Waals surface area contributed by atoms with Crippen LogP contribution in [0.3, 0.4) is 0 Å². The van der Waals surface area contributed by atoms with Crippen LogP contribution in [0.4, 0.5) is 4.39 Å². The Morgan fingerprint density at radius 1 is 1.12 bits per heavy atom. The van der Waals surface area contributed by atoms with E-state index in [1.54, 1.807) is 6.92 Å². The van der Waals surface area contributed by atoms with Crippen molar-refractivity contribution in [3.63, 3.8) is 0 Å². The molecular weight excluding hydrogens is 309 g/mol. The van der Waals surface area contributed by atoms with Gasteiger partial charge in [0, 0.05) is 6.42 Å². The number of carbonyl (C=O) groups excluding carboxylic acids is 1. The zero-order valence-corrected chi connectivity index (χ0v) is 13.6. The van der Waals surface area contributed by atoms with Crippen LogP contribution < -0.4 is 5.32 Å². The van der Waals surface area contributed by atoms with Crippen molar-refractivity contribution in [2.24, 2.45) is 0 Å². The molecule has 126 valence electrons. The van der Waals surface area contributed by atoms with E-state index in [2.05, 4.69) is 5.32 Å².